The van der Waals surface area contributed by atoms with Crippen LogP contribution in [0.2, 0.25) is 0 Å². The molecule has 0 aliphatic heterocycles. The van der Waals surface area contributed by atoms with Crippen LogP contribution in [0.4, 0.5) is 0 Å². The fraction of sp³-hybridized carbons (Fsp3) is 0.143. The Balaban J connectivity index is 2.07. The minimum absolute atomic E-state index is 0.568. The lowest BCUT2D eigenvalue weighted by molar-refractivity contribution is 0.867. The third-order valence-corrected chi connectivity index (χ3v) is 3.84. The lowest BCUT2D eigenvalue weighted by Gasteiger charge is -2.11. The van der Waals surface area contributed by atoms with Crippen molar-refractivity contribution in [2.75, 3.05) is 0 Å². The Hall–Kier alpha value is -2.34. The Labute approximate surface area is 127 Å². The molecule has 0 aliphatic rings. The summed E-state index contributed by atoms with van der Waals surface area (Å²) in [5, 5.41) is 0. The third-order valence-electron chi connectivity index (χ3n) is 3.84. The van der Waals surface area contributed by atoms with Crippen molar-refractivity contribution in [2.45, 2.75) is 19.8 Å². The van der Waals surface area contributed by atoms with Crippen LogP contribution in [0.1, 0.15) is 25.3 Å². The first-order chi connectivity index (χ1) is 10.3. The van der Waals surface area contributed by atoms with Crippen molar-refractivity contribution >= 4 is 0 Å². The van der Waals surface area contributed by atoms with Gasteiger partial charge in [-0.2, -0.15) is 0 Å². The van der Waals surface area contributed by atoms with Gasteiger partial charge in [0, 0.05) is 0 Å². The van der Waals surface area contributed by atoms with E-state index in [0.29, 0.717) is 5.92 Å². The van der Waals surface area contributed by atoms with Crippen LogP contribution >= 0.6 is 0 Å². The van der Waals surface area contributed by atoms with E-state index in [-0.39, 0.29) is 0 Å². The fourth-order valence-corrected chi connectivity index (χ4v) is 2.60. The Morgan fingerprint density at radius 1 is 0.667 bits per heavy atom. The third kappa shape index (κ3) is 2.90. The Morgan fingerprint density at radius 3 is 1.71 bits per heavy atom. The average molecular weight is 271 g/mol. The molecule has 0 amide bonds. The maximum Gasteiger partial charge on any atom is -0.0105 e. The predicted molar refractivity (Wildman–Crippen MR) is 90.2 cm³/mol. The van der Waals surface area contributed by atoms with Crippen molar-refractivity contribution in [1.82, 2.24) is 0 Å². The molecule has 0 bridgehead atoms. The van der Waals surface area contributed by atoms with E-state index in [1.165, 1.54) is 27.8 Å². The minimum Gasteiger partial charge on any atom is -0.0616 e. The summed E-state index contributed by atoms with van der Waals surface area (Å²) in [5.74, 6) is 0.568. The van der Waals surface area contributed by atoms with Crippen molar-refractivity contribution in [2.24, 2.45) is 0 Å². The maximum atomic E-state index is 3.08. The Kier molecular flexibility index (Phi) is 3.87. The van der Waals surface area contributed by atoms with Gasteiger partial charge in [0.25, 0.3) is 0 Å². The summed E-state index contributed by atoms with van der Waals surface area (Å²) < 4.78 is 0. The van der Waals surface area contributed by atoms with Crippen molar-refractivity contribution in [3.05, 3.63) is 84.4 Å². The van der Waals surface area contributed by atoms with E-state index in [2.05, 4.69) is 80.6 Å². The average Bonchev–Trinajstić information content (AvgIpc) is 2.56. The highest BCUT2D eigenvalue weighted by molar-refractivity contribution is 5.83. The Bertz CT molecular complexity index is 707. The van der Waals surface area contributed by atoms with Gasteiger partial charge in [-0.1, -0.05) is 86.6 Å². The highest BCUT2D eigenvalue weighted by Crippen LogP contribution is 2.32. The number of rotatable bonds is 3. The normalized spacial score (nSPS) is 10.8. The van der Waals surface area contributed by atoms with E-state index >= 15 is 0 Å². The van der Waals surface area contributed by atoms with E-state index in [1.54, 1.807) is 0 Å². The van der Waals surface area contributed by atoms with Gasteiger partial charge in [-0.15, -0.1) is 0 Å². The van der Waals surface area contributed by atoms with E-state index in [4.69, 9.17) is 0 Å². The van der Waals surface area contributed by atoms with Crippen LogP contribution in [0.25, 0.3) is 22.3 Å². The predicted octanol–water partition coefficient (Wildman–Crippen LogP) is 5.94. The molecule has 21 heavy (non-hydrogen) atoms. The van der Waals surface area contributed by atoms with Crippen LogP contribution < -0.4 is 0 Å². The maximum absolute atomic E-state index is 3.08. The molecule has 0 spiro atoms. The van der Waals surface area contributed by atoms with Crippen LogP contribution in [-0.2, 0) is 0 Å². The fourth-order valence-electron chi connectivity index (χ4n) is 2.60. The molecule has 3 aromatic carbocycles. The zero-order valence-corrected chi connectivity index (χ0v) is 12.5. The molecule has 0 heteroatoms. The number of hydrogen-bond acceptors (Lipinski definition) is 0. The van der Waals surface area contributed by atoms with Crippen LogP contribution in [-0.4, -0.2) is 0 Å². The molecule has 3 aromatic rings. The van der Waals surface area contributed by atoms with Gasteiger partial charge < -0.3 is 0 Å². The summed E-state index contributed by atoms with van der Waals surface area (Å²) >= 11 is 0. The highest BCUT2D eigenvalue weighted by Gasteiger charge is 2.07. The summed E-state index contributed by atoms with van der Waals surface area (Å²) in [6.45, 7) is 4.45. The molecule has 103 valence electrons. The van der Waals surface area contributed by atoms with Gasteiger partial charge in [0.05, 0.1) is 0 Å². The molecule has 0 aliphatic carbocycles. The molecule has 3 rings (SSSR count). The van der Waals surface area contributed by atoms with Crippen molar-refractivity contribution < 1.29 is 0 Å². The summed E-state index contributed by atoms with van der Waals surface area (Å²) in [6.07, 6.45) is 0. The van der Waals surface area contributed by atoms with Crippen LogP contribution in [0.15, 0.2) is 72.8 Å². The summed E-state index contributed by atoms with van der Waals surface area (Å²) in [6, 6.07) is 28.7. The second-order valence-electron chi connectivity index (χ2n) is 5.61. The molecular weight excluding hydrogens is 252 g/mol. The zero-order chi connectivity index (χ0) is 14.7. The molecule has 0 saturated heterocycles. The lowest BCUT2D eigenvalue weighted by atomic mass is 9.93. The smallest absolute Gasteiger partial charge is 0.0105 e. The van der Waals surface area contributed by atoms with Gasteiger partial charge in [0.1, 0.15) is 0 Å². The topological polar surface area (TPSA) is 0 Å². The van der Waals surface area contributed by atoms with Gasteiger partial charge in [-0.05, 0) is 39.8 Å². The SMILES string of the molecule is CC(C)c1ccc(-c2ccccc2-c2cc[c]cc2)cc1. The van der Waals surface area contributed by atoms with Crippen LogP contribution in [0.5, 0.6) is 0 Å². The molecule has 0 atom stereocenters. The second kappa shape index (κ2) is 5.97. The molecule has 1 radical (unpaired) electrons. The van der Waals surface area contributed by atoms with E-state index in [9.17, 15) is 0 Å². The summed E-state index contributed by atoms with van der Waals surface area (Å²) in [5.41, 5.74) is 6.42. The first-order valence-electron chi connectivity index (χ1n) is 7.41. The molecule has 0 aromatic heterocycles. The van der Waals surface area contributed by atoms with Crippen molar-refractivity contribution in [1.29, 1.82) is 0 Å². The Morgan fingerprint density at radius 2 is 1.19 bits per heavy atom. The number of hydrogen-bond donors (Lipinski definition) is 0. The molecule has 0 fully saturated rings. The quantitative estimate of drug-likeness (QED) is 0.552. The van der Waals surface area contributed by atoms with E-state index in [0.717, 1.165) is 0 Å². The zero-order valence-electron chi connectivity index (χ0n) is 12.5. The summed E-state index contributed by atoms with van der Waals surface area (Å²) in [4.78, 5) is 0. The first kappa shape index (κ1) is 13.6. The molecule has 0 saturated carbocycles. The van der Waals surface area contributed by atoms with Gasteiger partial charge in [-0.25, -0.2) is 0 Å². The summed E-state index contributed by atoms with van der Waals surface area (Å²) in [7, 11) is 0. The van der Waals surface area contributed by atoms with Crippen molar-refractivity contribution in [3.63, 3.8) is 0 Å². The molecule has 0 N–H and O–H groups in total. The first-order valence-corrected chi connectivity index (χ1v) is 7.41. The molecular formula is C21H19. The lowest BCUT2D eigenvalue weighted by Crippen LogP contribution is -1.88. The van der Waals surface area contributed by atoms with Crippen molar-refractivity contribution in [3.8, 4) is 22.3 Å². The van der Waals surface area contributed by atoms with Gasteiger partial charge in [0.2, 0.25) is 0 Å². The van der Waals surface area contributed by atoms with E-state index < -0.39 is 0 Å². The monoisotopic (exact) mass is 271 g/mol. The van der Waals surface area contributed by atoms with Crippen LogP contribution in [0.3, 0.4) is 0 Å². The molecule has 0 nitrogen and oxygen atoms in total. The highest BCUT2D eigenvalue weighted by atomic mass is 14.1. The van der Waals surface area contributed by atoms with Crippen LogP contribution in [0, 0.1) is 6.07 Å². The minimum atomic E-state index is 0.568. The molecule has 0 heterocycles. The standard InChI is InChI=1S/C21H19/c1-16(2)17-12-14-19(15-13-17)21-11-7-6-10-20(21)18-8-4-3-5-9-18/h4-16H,1-2H3. The second-order valence-corrected chi connectivity index (χ2v) is 5.61. The van der Waals surface area contributed by atoms with E-state index in [1.807, 2.05) is 12.1 Å². The van der Waals surface area contributed by atoms with Gasteiger partial charge >= 0.3 is 0 Å². The number of benzene rings is 3. The largest absolute Gasteiger partial charge is 0.0616 e. The van der Waals surface area contributed by atoms with Gasteiger partial charge in [-0.3, -0.25) is 0 Å². The molecule has 0 unspecified atom stereocenters. The van der Waals surface area contributed by atoms with Gasteiger partial charge in [0.15, 0.2) is 0 Å².